The Morgan fingerprint density at radius 1 is 1.38 bits per heavy atom. The quantitative estimate of drug-likeness (QED) is 0.744. The third-order valence-corrected chi connectivity index (χ3v) is 4.78. The molecule has 82 valence electrons. The number of nitrogens with zero attached hydrogens (tertiary/aromatic N) is 2. The third-order valence-electron chi connectivity index (χ3n) is 2.62. The Bertz CT molecular complexity index is 563. The molecule has 0 amide bonds. The first-order valence-corrected chi connectivity index (χ1v) is 6.55. The van der Waals surface area contributed by atoms with E-state index in [0.29, 0.717) is 5.75 Å². The second-order valence-electron chi connectivity index (χ2n) is 4.24. The number of phenolic OH excluding ortho intramolecular Hbond substituents is 1. The Kier molecular flexibility index (Phi) is 1.91. The summed E-state index contributed by atoms with van der Waals surface area (Å²) in [6, 6.07) is 5.10. The zero-order valence-electron chi connectivity index (χ0n) is 8.89. The first kappa shape index (κ1) is 9.87. The fraction of sp³-hybridized carbons (Fsp3) is 0.273. The van der Waals surface area contributed by atoms with Crippen molar-refractivity contribution in [3.63, 3.8) is 0 Å². The Morgan fingerprint density at radius 2 is 2.19 bits per heavy atom. The van der Waals surface area contributed by atoms with E-state index in [9.17, 15) is 5.11 Å². The topological polar surface area (TPSA) is 55.2 Å². The van der Waals surface area contributed by atoms with Crippen LogP contribution in [-0.2, 0) is 5.60 Å². The van der Waals surface area contributed by atoms with Crippen LogP contribution >= 0.6 is 0 Å². The van der Waals surface area contributed by atoms with Gasteiger partial charge in [-0.15, -0.1) is 0 Å². The Labute approximate surface area is 98.9 Å². The molecule has 1 aliphatic heterocycles. The van der Waals surface area contributed by atoms with Crippen molar-refractivity contribution in [2.24, 2.45) is 0 Å². The monoisotopic (exact) mass is 282 g/mol. The van der Waals surface area contributed by atoms with Crippen LogP contribution in [0.3, 0.4) is 0 Å². The average molecular weight is 281 g/mol. The molecule has 1 N–H and O–H groups in total. The maximum atomic E-state index is 9.45. The molecule has 0 radical (unpaired) electrons. The molecule has 2 heterocycles. The zero-order chi connectivity index (χ0) is 11.3. The molecule has 0 saturated heterocycles. The van der Waals surface area contributed by atoms with Gasteiger partial charge in [-0.2, -0.15) is 0 Å². The van der Waals surface area contributed by atoms with Crippen LogP contribution in [0.5, 0.6) is 11.5 Å². The summed E-state index contributed by atoms with van der Waals surface area (Å²) in [6.07, 6.45) is 0. The maximum absolute atomic E-state index is 9.45. The van der Waals surface area contributed by atoms with Crippen LogP contribution in [-0.4, -0.2) is 29.0 Å². The first-order valence-electron chi connectivity index (χ1n) is 4.93. The van der Waals surface area contributed by atoms with Gasteiger partial charge in [0.05, 0.1) is 0 Å². The van der Waals surface area contributed by atoms with E-state index in [0.717, 1.165) is 15.7 Å². The van der Waals surface area contributed by atoms with Gasteiger partial charge >= 0.3 is 98.6 Å². The number of aromatic hydroxyl groups is 1. The third kappa shape index (κ3) is 1.29. The van der Waals surface area contributed by atoms with E-state index < -0.39 is 0 Å². The van der Waals surface area contributed by atoms with Crippen LogP contribution in [0.1, 0.15) is 18.3 Å². The van der Waals surface area contributed by atoms with Crippen LogP contribution in [0.25, 0.3) is 11.3 Å². The van der Waals surface area contributed by atoms with Gasteiger partial charge in [0.25, 0.3) is 0 Å². The molecule has 4 nitrogen and oxygen atoms in total. The summed E-state index contributed by atoms with van der Waals surface area (Å²) in [7, 11) is 0. The molecule has 0 atom stereocenters. The van der Waals surface area contributed by atoms with E-state index in [-0.39, 0.29) is 26.1 Å². The van der Waals surface area contributed by atoms with E-state index in [1.54, 1.807) is 12.1 Å². The number of hydrogen-bond donors (Lipinski definition) is 1. The van der Waals surface area contributed by atoms with Crippen molar-refractivity contribution in [3.05, 3.63) is 22.6 Å². The van der Waals surface area contributed by atoms with Crippen molar-refractivity contribution in [2.75, 3.05) is 0 Å². The molecule has 0 fully saturated rings. The van der Waals surface area contributed by atoms with Crippen molar-refractivity contribution in [1.82, 2.24) is 9.19 Å². The molecule has 1 aromatic heterocycles. The van der Waals surface area contributed by atoms with Crippen LogP contribution in [0.15, 0.2) is 18.2 Å². The Morgan fingerprint density at radius 3 is 3.00 bits per heavy atom. The Balaban J connectivity index is 2.30. The van der Waals surface area contributed by atoms with Gasteiger partial charge in [0, 0.05) is 0 Å². The molecule has 1 aromatic carbocycles. The van der Waals surface area contributed by atoms with E-state index in [1.807, 2.05) is 19.9 Å². The standard InChI is InChI=1S/C11H10N2O2Se/c1-11(2)10-9(12-13-16-10)7-4-3-6(14)5-8(7)15-11/h3-5,14H,1-2H3. The second kappa shape index (κ2) is 3.09. The summed E-state index contributed by atoms with van der Waals surface area (Å²) in [5, 5.41) is 13.6. The molecule has 0 bridgehead atoms. The molecule has 3 rings (SSSR count). The van der Waals surface area contributed by atoms with Gasteiger partial charge in [-0.3, -0.25) is 0 Å². The minimum absolute atomic E-state index is 0.0361. The van der Waals surface area contributed by atoms with Crippen molar-refractivity contribution in [2.45, 2.75) is 19.4 Å². The molecule has 0 unspecified atom stereocenters. The van der Waals surface area contributed by atoms with Gasteiger partial charge in [0.15, 0.2) is 0 Å². The first-order chi connectivity index (χ1) is 7.58. The summed E-state index contributed by atoms with van der Waals surface area (Å²) in [5.41, 5.74) is 1.47. The number of aromatic nitrogens is 2. The van der Waals surface area contributed by atoms with E-state index in [1.165, 1.54) is 0 Å². The number of fused-ring (bicyclic) bond motifs is 3. The summed E-state index contributed by atoms with van der Waals surface area (Å²) in [5.74, 6) is 0.888. The normalized spacial score (nSPS) is 16.1. The summed E-state index contributed by atoms with van der Waals surface area (Å²) < 4.78 is 11.2. The van der Waals surface area contributed by atoms with Gasteiger partial charge in [0.1, 0.15) is 0 Å². The number of rotatable bonds is 0. The Hall–Kier alpha value is -1.32. The molecule has 5 heteroatoms. The molecule has 0 aliphatic carbocycles. The number of phenols is 1. The van der Waals surface area contributed by atoms with Crippen molar-refractivity contribution >= 4 is 14.7 Å². The van der Waals surface area contributed by atoms with E-state index in [2.05, 4.69) is 9.19 Å². The minimum atomic E-state index is -0.375. The average Bonchev–Trinajstić information content (AvgIpc) is 2.65. The molecular weight excluding hydrogens is 271 g/mol. The van der Waals surface area contributed by atoms with Gasteiger partial charge in [-0.05, 0) is 0 Å². The molecular formula is C11H10N2O2Se. The van der Waals surface area contributed by atoms with Crippen molar-refractivity contribution in [1.29, 1.82) is 0 Å². The van der Waals surface area contributed by atoms with E-state index >= 15 is 0 Å². The number of benzene rings is 1. The molecule has 2 aromatic rings. The molecule has 1 aliphatic rings. The van der Waals surface area contributed by atoms with Crippen LogP contribution < -0.4 is 4.74 Å². The predicted octanol–water partition coefficient (Wildman–Crippen LogP) is 1.53. The van der Waals surface area contributed by atoms with Gasteiger partial charge < -0.3 is 0 Å². The summed E-state index contributed by atoms with van der Waals surface area (Å²) >= 11 is 0.0361. The number of ether oxygens (including phenoxy) is 1. The number of hydrogen-bond acceptors (Lipinski definition) is 4. The molecule has 0 saturated carbocycles. The van der Waals surface area contributed by atoms with Crippen LogP contribution in [0.2, 0.25) is 0 Å². The van der Waals surface area contributed by atoms with Crippen molar-refractivity contribution in [3.8, 4) is 22.8 Å². The van der Waals surface area contributed by atoms with Crippen LogP contribution in [0, 0.1) is 0 Å². The van der Waals surface area contributed by atoms with Crippen molar-refractivity contribution < 1.29 is 9.84 Å². The SMILES string of the molecule is CC1(C)Oc2cc(O)ccc2-c2nn[se]c21. The van der Waals surface area contributed by atoms with Gasteiger partial charge in [-0.25, -0.2) is 0 Å². The molecule has 16 heavy (non-hydrogen) atoms. The van der Waals surface area contributed by atoms with Gasteiger partial charge in [-0.1, -0.05) is 0 Å². The predicted molar refractivity (Wildman–Crippen MR) is 59.7 cm³/mol. The summed E-state index contributed by atoms with van der Waals surface area (Å²) in [6.45, 7) is 4.01. The van der Waals surface area contributed by atoms with Crippen LogP contribution in [0.4, 0.5) is 0 Å². The second-order valence-corrected chi connectivity index (χ2v) is 5.83. The fourth-order valence-electron chi connectivity index (χ4n) is 1.87. The molecule has 0 spiro atoms. The van der Waals surface area contributed by atoms with Gasteiger partial charge in [0.2, 0.25) is 0 Å². The summed E-state index contributed by atoms with van der Waals surface area (Å²) in [4.78, 5) is 0. The fourth-order valence-corrected chi connectivity index (χ4v) is 3.35. The zero-order valence-corrected chi connectivity index (χ0v) is 10.6. The van der Waals surface area contributed by atoms with E-state index in [4.69, 9.17) is 4.74 Å².